The van der Waals surface area contributed by atoms with Crippen molar-refractivity contribution in [3.05, 3.63) is 58.7 Å². The molecule has 0 aliphatic carbocycles. The molecule has 5 heteroatoms. The van der Waals surface area contributed by atoms with Gasteiger partial charge in [-0.25, -0.2) is 0 Å². The largest absolute Gasteiger partial charge is 0.496 e. The standard InChI is InChI=1S/C21H22N4O/c1-16-11-17(13-22)4-6-20(16)25-9-7-24(8-10-25)15-19-5-3-18(14-23)12-21(19)26-2/h3-6,11-12H,7-10,15H2,1-2H3. The molecule has 0 aromatic heterocycles. The summed E-state index contributed by atoms with van der Waals surface area (Å²) in [6.07, 6.45) is 0. The van der Waals surface area contributed by atoms with Crippen LogP contribution in [0.4, 0.5) is 5.69 Å². The van der Waals surface area contributed by atoms with E-state index in [1.165, 1.54) is 5.69 Å². The molecule has 0 bridgehead atoms. The van der Waals surface area contributed by atoms with Gasteiger partial charge in [0.1, 0.15) is 5.75 Å². The number of anilines is 1. The van der Waals surface area contributed by atoms with E-state index in [1.807, 2.05) is 30.3 Å². The molecule has 2 aromatic rings. The summed E-state index contributed by atoms with van der Waals surface area (Å²) in [6.45, 7) is 6.70. The van der Waals surface area contributed by atoms with E-state index < -0.39 is 0 Å². The van der Waals surface area contributed by atoms with Gasteiger partial charge in [0, 0.05) is 44.0 Å². The second kappa shape index (κ2) is 7.91. The summed E-state index contributed by atoms with van der Waals surface area (Å²) in [4.78, 5) is 4.78. The molecule has 0 radical (unpaired) electrons. The van der Waals surface area contributed by atoms with Crippen LogP contribution in [0.3, 0.4) is 0 Å². The average Bonchev–Trinajstić information content (AvgIpc) is 2.69. The summed E-state index contributed by atoms with van der Waals surface area (Å²) in [5.41, 5.74) is 4.78. The lowest BCUT2D eigenvalue weighted by atomic mass is 10.1. The summed E-state index contributed by atoms with van der Waals surface area (Å²) in [5.74, 6) is 0.773. The zero-order valence-electron chi connectivity index (χ0n) is 15.2. The number of aryl methyl sites for hydroxylation is 1. The van der Waals surface area contributed by atoms with Gasteiger partial charge in [-0.15, -0.1) is 0 Å². The van der Waals surface area contributed by atoms with Gasteiger partial charge in [0.15, 0.2) is 0 Å². The van der Waals surface area contributed by atoms with Crippen molar-refractivity contribution in [2.75, 3.05) is 38.2 Å². The van der Waals surface area contributed by atoms with Crippen molar-refractivity contribution in [1.82, 2.24) is 4.90 Å². The summed E-state index contributed by atoms with van der Waals surface area (Å²) in [6, 6.07) is 15.8. The molecule has 1 aliphatic rings. The van der Waals surface area contributed by atoms with Crippen molar-refractivity contribution in [1.29, 1.82) is 10.5 Å². The monoisotopic (exact) mass is 346 g/mol. The molecule has 0 N–H and O–H groups in total. The topological polar surface area (TPSA) is 63.3 Å². The third-order valence-corrected chi connectivity index (χ3v) is 4.85. The fourth-order valence-corrected chi connectivity index (χ4v) is 3.41. The molecule has 0 atom stereocenters. The van der Waals surface area contributed by atoms with Gasteiger partial charge in [0.25, 0.3) is 0 Å². The molecule has 0 spiro atoms. The van der Waals surface area contributed by atoms with E-state index in [-0.39, 0.29) is 0 Å². The van der Waals surface area contributed by atoms with Crippen molar-refractivity contribution >= 4 is 5.69 Å². The van der Waals surface area contributed by atoms with Crippen LogP contribution in [0.2, 0.25) is 0 Å². The maximum absolute atomic E-state index is 9.02. The van der Waals surface area contributed by atoms with Crippen molar-refractivity contribution < 1.29 is 4.74 Å². The number of ether oxygens (including phenoxy) is 1. The molecule has 0 unspecified atom stereocenters. The summed E-state index contributed by atoms with van der Waals surface area (Å²) in [5, 5.41) is 18.0. The second-order valence-electron chi connectivity index (χ2n) is 6.51. The number of rotatable bonds is 4. The first-order chi connectivity index (χ1) is 12.6. The molecule has 0 saturated carbocycles. The first kappa shape index (κ1) is 17.8. The lowest BCUT2D eigenvalue weighted by Crippen LogP contribution is -2.46. The molecule has 1 heterocycles. The fraction of sp³-hybridized carbons (Fsp3) is 0.333. The van der Waals surface area contributed by atoms with Gasteiger partial charge in [0.2, 0.25) is 0 Å². The minimum atomic E-state index is 0.617. The van der Waals surface area contributed by atoms with Crippen LogP contribution in [-0.2, 0) is 6.54 Å². The molecule has 0 amide bonds. The van der Waals surface area contributed by atoms with Crippen LogP contribution in [-0.4, -0.2) is 38.2 Å². The van der Waals surface area contributed by atoms with E-state index in [9.17, 15) is 0 Å². The Bertz CT molecular complexity index is 871. The normalized spacial score (nSPS) is 14.5. The molecule has 26 heavy (non-hydrogen) atoms. The number of nitrogens with zero attached hydrogens (tertiary/aromatic N) is 4. The Morgan fingerprint density at radius 1 is 0.962 bits per heavy atom. The molecule has 1 aliphatic heterocycles. The summed E-state index contributed by atoms with van der Waals surface area (Å²) < 4.78 is 5.44. The third kappa shape index (κ3) is 3.79. The van der Waals surface area contributed by atoms with Crippen LogP contribution in [0, 0.1) is 29.6 Å². The van der Waals surface area contributed by atoms with Crippen LogP contribution in [0.5, 0.6) is 5.75 Å². The van der Waals surface area contributed by atoms with E-state index in [1.54, 1.807) is 13.2 Å². The summed E-state index contributed by atoms with van der Waals surface area (Å²) in [7, 11) is 1.64. The predicted molar refractivity (Wildman–Crippen MR) is 101 cm³/mol. The molecule has 3 rings (SSSR count). The maximum atomic E-state index is 9.02. The van der Waals surface area contributed by atoms with Crippen molar-refractivity contribution in [2.45, 2.75) is 13.5 Å². The van der Waals surface area contributed by atoms with Gasteiger partial charge < -0.3 is 9.64 Å². The number of methoxy groups -OCH3 is 1. The van der Waals surface area contributed by atoms with Crippen LogP contribution >= 0.6 is 0 Å². The molecule has 1 fully saturated rings. The number of nitriles is 2. The zero-order valence-corrected chi connectivity index (χ0v) is 15.2. The van der Waals surface area contributed by atoms with E-state index in [4.69, 9.17) is 15.3 Å². The number of piperazine rings is 1. The van der Waals surface area contributed by atoms with Gasteiger partial charge in [-0.3, -0.25) is 4.90 Å². The predicted octanol–water partition coefficient (Wildman–Crippen LogP) is 3.07. The first-order valence-electron chi connectivity index (χ1n) is 8.69. The Balaban J connectivity index is 1.64. The number of hydrogen-bond donors (Lipinski definition) is 0. The smallest absolute Gasteiger partial charge is 0.124 e. The van der Waals surface area contributed by atoms with Crippen LogP contribution in [0.1, 0.15) is 22.3 Å². The van der Waals surface area contributed by atoms with Crippen molar-refractivity contribution in [3.8, 4) is 17.9 Å². The van der Waals surface area contributed by atoms with Crippen molar-refractivity contribution in [2.24, 2.45) is 0 Å². The van der Waals surface area contributed by atoms with E-state index in [0.717, 1.165) is 49.6 Å². The zero-order chi connectivity index (χ0) is 18.5. The third-order valence-electron chi connectivity index (χ3n) is 4.85. The molecule has 5 nitrogen and oxygen atoms in total. The highest BCUT2D eigenvalue weighted by atomic mass is 16.5. The summed E-state index contributed by atoms with van der Waals surface area (Å²) >= 11 is 0. The quantitative estimate of drug-likeness (QED) is 0.851. The molecule has 1 saturated heterocycles. The number of hydrogen-bond acceptors (Lipinski definition) is 5. The van der Waals surface area contributed by atoms with Crippen LogP contribution in [0.15, 0.2) is 36.4 Å². The lowest BCUT2D eigenvalue weighted by Gasteiger charge is -2.37. The molecule has 2 aromatic carbocycles. The highest BCUT2D eigenvalue weighted by Crippen LogP contribution is 2.25. The maximum Gasteiger partial charge on any atom is 0.124 e. The van der Waals surface area contributed by atoms with Gasteiger partial charge in [-0.1, -0.05) is 6.07 Å². The molecule has 132 valence electrons. The fourth-order valence-electron chi connectivity index (χ4n) is 3.41. The minimum absolute atomic E-state index is 0.617. The Hall–Kier alpha value is -3.02. The Morgan fingerprint density at radius 3 is 2.23 bits per heavy atom. The van der Waals surface area contributed by atoms with E-state index >= 15 is 0 Å². The van der Waals surface area contributed by atoms with E-state index in [0.29, 0.717) is 11.1 Å². The SMILES string of the molecule is COc1cc(C#N)ccc1CN1CCN(c2ccc(C#N)cc2C)CC1. The Kier molecular flexibility index (Phi) is 5.41. The highest BCUT2D eigenvalue weighted by molar-refractivity contribution is 5.56. The van der Waals surface area contributed by atoms with Crippen LogP contribution in [0.25, 0.3) is 0 Å². The highest BCUT2D eigenvalue weighted by Gasteiger charge is 2.19. The molecular weight excluding hydrogens is 324 g/mol. The average molecular weight is 346 g/mol. The van der Waals surface area contributed by atoms with Gasteiger partial charge in [-0.2, -0.15) is 10.5 Å². The Labute approximate surface area is 154 Å². The minimum Gasteiger partial charge on any atom is -0.496 e. The van der Waals surface area contributed by atoms with Gasteiger partial charge in [-0.05, 0) is 42.8 Å². The Morgan fingerprint density at radius 2 is 1.62 bits per heavy atom. The first-order valence-corrected chi connectivity index (χ1v) is 8.69. The lowest BCUT2D eigenvalue weighted by molar-refractivity contribution is 0.246. The molecular formula is C21H22N4O. The van der Waals surface area contributed by atoms with Gasteiger partial charge >= 0.3 is 0 Å². The van der Waals surface area contributed by atoms with E-state index in [2.05, 4.69) is 28.9 Å². The van der Waals surface area contributed by atoms with Crippen LogP contribution < -0.4 is 9.64 Å². The number of benzene rings is 2. The van der Waals surface area contributed by atoms with Gasteiger partial charge in [0.05, 0.1) is 30.4 Å². The van der Waals surface area contributed by atoms with Crippen molar-refractivity contribution in [3.63, 3.8) is 0 Å². The second-order valence-corrected chi connectivity index (χ2v) is 6.51.